The minimum Gasteiger partial charge on any atom is -0.486 e. The van der Waals surface area contributed by atoms with Crippen molar-refractivity contribution in [2.24, 2.45) is 5.92 Å². The number of ether oxygens (including phenoxy) is 2. The van der Waals surface area contributed by atoms with Crippen LogP contribution >= 0.6 is 0 Å². The minimum atomic E-state index is -0.0657. The lowest BCUT2D eigenvalue weighted by Gasteiger charge is -2.19. The Hall–Kier alpha value is -2.53. The first kappa shape index (κ1) is 18.3. The van der Waals surface area contributed by atoms with Gasteiger partial charge in [-0.1, -0.05) is 35.9 Å². The average molecular weight is 355 g/mol. The van der Waals surface area contributed by atoms with E-state index in [0.717, 1.165) is 23.3 Å². The molecule has 1 atom stereocenters. The fourth-order valence-electron chi connectivity index (χ4n) is 2.96. The molecule has 5 heteroatoms. The van der Waals surface area contributed by atoms with Crippen molar-refractivity contribution >= 4 is 5.91 Å². The number of hydrogen-bond donors (Lipinski definition) is 2. The number of carbonyl (C=O) groups is 1. The lowest BCUT2D eigenvalue weighted by molar-refractivity contribution is -0.120. The summed E-state index contributed by atoms with van der Waals surface area (Å²) in [6.07, 6.45) is 1.01. The van der Waals surface area contributed by atoms with Crippen LogP contribution in [-0.2, 0) is 17.6 Å². The molecule has 0 fully saturated rings. The molecular weight excluding hydrogens is 330 g/mol. The summed E-state index contributed by atoms with van der Waals surface area (Å²) < 4.78 is 11.0. The van der Waals surface area contributed by atoms with Crippen LogP contribution in [0.15, 0.2) is 42.5 Å². The van der Waals surface area contributed by atoms with Gasteiger partial charge in [0.1, 0.15) is 13.2 Å². The van der Waals surface area contributed by atoms with Gasteiger partial charge >= 0.3 is 0 Å². The number of hydrogen-bond acceptors (Lipinski definition) is 4. The second kappa shape index (κ2) is 8.72. The Bertz CT molecular complexity index is 742. The Morgan fingerprint density at radius 3 is 2.50 bits per heavy atom. The van der Waals surface area contributed by atoms with Crippen molar-refractivity contribution in [3.8, 4) is 11.5 Å². The van der Waals surface area contributed by atoms with Crippen LogP contribution in [0.4, 0.5) is 0 Å². The molecule has 0 spiro atoms. The van der Waals surface area contributed by atoms with Gasteiger partial charge in [0.25, 0.3) is 0 Å². The van der Waals surface area contributed by atoms with Gasteiger partial charge in [-0.3, -0.25) is 4.79 Å². The minimum absolute atomic E-state index is 0.00178. The number of rotatable bonds is 7. The number of nitrogens with one attached hydrogen (secondary N) is 1. The van der Waals surface area contributed by atoms with E-state index in [1.54, 1.807) is 0 Å². The van der Waals surface area contributed by atoms with E-state index in [1.807, 2.05) is 25.1 Å². The maximum absolute atomic E-state index is 12.2. The molecular formula is C21H25NO4. The van der Waals surface area contributed by atoms with Crippen LogP contribution in [0.2, 0.25) is 0 Å². The number of benzene rings is 2. The molecule has 0 bridgehead atoms. The number of carbonyl (C=O) groups excluding carboxylic acids is 1. The SMILES string of the molecule is Cc1ccc(CC(CO)CNC(=O)Cc2ccc3c(c2)OCCO3)cc1. The van der Waals surface area contributed by atoms with Crippen LogP contribution in [-0.4, -0.2) is 37.4 Å². The summed E-state index contributed by atoms with van der Waals surface area (Å²) in [5.74, 6) is 1.35. The molecule has 2 N–H and O–H groups in total. The summed E-state index contributed by atoms with van der Waals surface area (Å²) in [6.45, 7) is 3.62. The number of amides is 1. The second-order valence-electron chi connectivity index (χ2n) is 6.70. The van der Waals surface area contributed by atoms with E-state index in [4.69, 9.17) is 9.47 Å². The third-order valence-corrected chi connectivity index (χ3v) is 4.46. The van der Waals surface area contributed by atoms with Gasteiger partial charge in [-0.15, -0.1) is 0 Å². The molecule has 1 aliphatic rings. The molecule has 0 saturated carbocycles. The molecule has 3 rings (SSSR count). The highest BCUT2D eigenvalue weighted by Gasteiger charge is 2.14. The topological polar surface area (TPSA) is 67.8 Å². The molecule has 2 aromatic carbocycles. The van der Waals surface area contributed by atoms with E-state index >= 15 is 0 Å². The quantitative estimate of drug-likeness (QED) is 0.800. The fraction of sp³-hybridized carbons (Fsp3) is 0.381. The van der Waals surface area contributed by atoms with Crippen molar-refractivity contribution in [2.45, 2.75) is 19.8 Å². The first-order valence-electron chi connectivity index (χ1n) is 8.95. The van der Waals surface area contributed by atoms with Gasteiger partial charge in [-0.25, -0.2) is 0 Å². The fourth-order valence-corrected chi connectivity index (χ4v) is 2.96. The van der Waals surface area contributed by atoms with Crippen LogP contribution in [0.25, 0.3) is 0 Å². The number of aliphatic hydroxyl groups is 1. The predicted octanol–water partition coefficient (Wildman–Crippen LogP) is 2.28. The molecule has 0 aliphatic carbocycles. The van der Waals surface area contributed by atoms with Gasteiger partial charge in [0.2, 0.25) is 5.91 Å². The molecule has 1 aliphatic heterocycles. The van der Waals surface area contributed by atoms with E-state index in [1.165, 1.54) is 5.56 Å². The van der Waals surface area contributed by atoms with Crippen molar-refractivity contribution in [3.63, 3.8) is 0 Å². The van der Waals surface area contributed by atoms with E-state index < -0.39 is 0 Å². The van der Waals surface area contributed by atoms with Crippen molar-refractivity contribution < 1.29 is 19.4 Å². The molecule has 0 aromatic heterocycles. The maximum Gasteiger partial charge on any atom is 0.224 e. The van der Waals surface area contributed by atoms with E-state index in [0.29, 0.717) is 25.5 Å². The van der Waals surface area contributed by atoms with Crippen LogP contribution in [0, 0.1) is 12.8 Å². The maximum atomic E-state index is 12.2. The monoisotopic (exact) mass is 355 g/mol. The van der Waals surface area contributed by atoms with Gasteiger partial charge in [-0.05, 0) is 36.6 Å². The molecule has 1 heterocycles. The highest BCUT2D eigenvalue weighted by molar-refractivity contribution is 5.78. The average Bonchev–Trinajstić information content (AvgIpc) is 2.66. The predicted molar refractivity (Wildman–Crippen MR) is 99.6 cm³/mol. The summed E-state index contributed by atoms with van der Waals surface area (Å²) in [5.41, 5.74) is 3.25. The van der Waals surface area contributed by atoms with Gasteiger partial charge in [0.15, 0.2) is 11.5 Å². The van der Waals surface area contributed by atoms with Crippen molar-refractivity contribution in [2.75, 3.05) is 26.4 Å². The van der Waals surface area contributed by atoms with Gasteiger partial charge in [0.05, 0.1) is 6.42 Å². The van der Waals surface area contributed by atoms with E-state index in [-0.39, 0.29) is 24.9 Å². The van der Waals surface area contributed by atoms with E-state index in [9.17, 15) is 9.90 Å². The standard InChI is InChI=1S/C21H25NO4/c1-15-2-4-16(5-3-15)10-18(14-23)13-22-21(24)12-17-6-7-19-20(11-17)26-9-8-25-19/h2-7,11,18,23H,8-10,12-14H2,1H3,(H,22,24). The van der Waals surface area contributed by atoms with Gasteiger partial charge < -0.3 is 19.9 Å². The second-order valence-corrected chi connectivity index (χ2v) is 6.70. The zero-order valence-corrected chi connectivity index (χ0v) is 15.0. The summed E-state index contributed by atoms with van der Waals surface area (Å²) in [4.78, 5) is 12.2. The zero-order valence-electron chi connectivity index (χ0n) is 15.0. The Labute approximate surface area is 153 Å². The number of aryl methyl sites for hydroxylation is 1. The Kier molecular flexibility index (Phi) is 6.12. The summed E-state index contributed by atoms with van der Waals surface area (Å²) in [7, 11) is 0. The number of fused-ring (bicyclic) bond motifs is 1. The lowest BCUT2D eigenvalue weighted by atomic mass is 9.99. The molecule has 1 amide bonds. The Balaban J connectivity index is 1.50. The van der Waals surface area contributed by atoms with Crippen LogP contribution in [0.3, 0.4) is 0 Å². The smallest absolute Gasteiger partial charge is 0.224 e. The van der Waals surface area contributed by atoms with Crippen LogP contribution < -0.4 is 14.8 Å². The molecule has 26 heavy (non-hydrogen) atoms. The molecule has 0 saturated heterocycles. The number of aliphatic hydroxyl groups excluding tert-OH is 1. The summed E-state index contributed by atoms with van der Waals surface area (Å²) >= 11 is 0. The molecule has 2 aromatic rings. The highest BCUT2D eigenvalue weighted by atomic mass is 16.6. The first-order valence-corrected chi connectivity index (χ1v) is 8.95. The Morgan fingerprint density at radius 1 is 1.08 bits per heavy atom. The molecule has 1 unspecified atom stereocenters. The lowest BCUT2D eigenvalue weighted by Crippen LogP contribution is -2.32. The van der Waals surface area contributed by atoms with Crippen LogP contribution in [0.1, 0.15) is 16.7 Å². The largest absolute Gasteiger partial charge is 0.486 e. The third kappa shape index (κ3) is 4.99. The van der Waals surface area contributed by atoms with Crippen molar-refractivity contribution in [1.29, 1.82) is 0 Å². The third-order valence-electron chi connectivity index (χ3n) is 4.46. The molecule has 138 valence electrons. The van der Waals surface area contributed by atoms with Crippen molar-refractivity contribution in [3.05, 3.63) is 59.2 Å². The zero-order chi connectivity index (χ0) is 18.4. The normalized spacial score (nSPS) is 13.9. The summed E-state index contributed by atoms with van der Waals surface area (Å²) in [6, 6.07) is 13.8. The summed E-state index contributed by atoms with van der Waals surface area (Å²) in [5, 5.41) is 12.5. The van der Waals surface area contributed by atoms with Gasteiger partial charge in [-0.2, -0.15) is 0 Å². The Morgan fingerprint density at radius 2 is 1.77 bits per heavy atom. The van der Waals surface area contributed by atoms with Gasteiger partial charge in [0, 0.05) is 19.1 Å². The first-order chi connectivity index (χ1) is 12.6. The van der Waals surface area contributed by atoms with E-state index in [2.05, 4.69) is 29.6 Å². The molecule has 5 nitrogen and oxygen atoms in total. The highest BCUT2D eigenvalue weighted by Crippen LogP contribution is 2.30. The van der Waals surface area contributed by atoms with Crippen LogP contribution in [0.5, 0.6) is 11.5 Å². The van der Waals surface area contributed by atoms with Crippen molar-refractivity contribution in [1.82, 2.24) is 5.32 Å². The molecule has 0 radical (unpaired) electrons.